The Labute approximate surface area is 128 Å². The average molecular weight is 301 g/mol. The van der Waals surface area contributed by atoms with Crippen LogP contribution in [0.5, 0.6) is 0 Å². The zero-order valence-corrected chi connectivity index (χ0v) is 14.2. The van der Waals surface area contributed by atoms with Gasteiger partial charge in [-0.25, -0.2) is 4.79 Å². The van der Waals surface area contributed by atoms with Crippen LogP contribution in [-0.2, 0) is 9.47 Å². The van der Waals surface area contributed by atoms with Gasteiger partial charge in [-0.15, -0.1) is 0 Å². The van der Waals surface area contributed by atoms with Crippen LogP contribution >= 0.6 is 0 Å². The molecule has 2 unspecified atom stereocenters. The van der Waals surface area contributed by atoms with Crippen molar-refractivity contribution in [3.63, 3.8) is 0 Å². The highest BCUT2D eigenvalue weighted by Crippen LogP contribution is 2.47. The number of carbonyl (C=O) groups excluding carboxylic acids is 1. The van der Waals surface area contributed by atoms with E-state index in [1.807, 2.05) is 34.6 Å². The largest absolute Gasteiger partial charge is 0.444 e. The Kier molecular flexibility index (Phi) is 6.05. The van der Waals surface area contributed by atoms with Gasteiger partial charge in [0.15, 0.2) is 6.29 Å². The number of hydrogen-bond acceptors (Lipinski definition) is 4. The van der Waals surface area contributed by atoms with E-state index in [0.29, 0.717) is 18.9 Å². The summed E-state index contributed by atoms with van der Waals surface area (Å²) in [5, 5.41) is 13.2. The zero-order chi connectivity index (χ0) is 16.3. The van der Waals surface area contributed by atoms with Crippen molar-refractivity contribution in [3.05, 3.63) is 0 Å². The smallest absolute Gasteiger partial charge is 0.407 e. The van der Waals surface area contributed by atoms with Gasteiger partial charge in [-0.1, -0.05) is 20.3 Å². The van der Waals surface area contributed by atoms with Crippen molar-refractivity contribution < 1.29 is 19.4 Å². The molecule has 124 valence electrons. The van der Waals surface area contributed by atoms with E-state index in [1.54, 1.807) is 0 Å². The molecular weight excluding hydrogens is 270 g/mol. The van der Waals surface area contributed by atoms with Crippen molar-refractivity contribution in [3.8, 4) is 0 Å². The van der Waals surface area contributed by atoms with Gasteiger partial charge in [-0.3, -0.25) is 0 Å². The molecule has 0 saturated heterocycles. The molecule has 0 aromatic rings. The van der Waals surface area contributed by atoms with E-state index < -0.39 is 18.0 Å². The Bertz CT molecular complexity index is 353. The standard InChI is InChI=1S/C16H31NO4/c1-7-11-9-12(17-14(19)21-15(3,4)5)10-16(11,6)13(18)20-8-2/h11-13,18H,7-10H2,1-6H3,(H,17,19)/t11-,12?,13?,16+/m0/s1. The fourth-order valence-corrected chi connectivity index (χ4v) is 3.26. The predicted molar refractivity (Wildman–Crippen MR) is 81.9 cm³/mol. The topological polar surface area (TPSA) is 67.8 Å². The first-order valence-corrected chi connectivity index (χ1v) is 7.91. The van der Waals surface area contributed by atoms with Crippen LogP contribution in [0.4, 0.5) is 4.79 Å². The number of ether oxygens (including phenoxy) is 2. The molecule has 1 rings (SSSR count). The number of nitrogens with one attached hydrogen (secondary N) is 1. The van der Waals surface area contributed by atoms with Gasteiger partial charge < -0.3 is 19.9 Å². The number of hydrogen-bond donors (Lipinski definition) is 2. The van der Waals surface area contributed by atoms with Crippen molar-refractivity contribution >= 4 is 6.09 Å². The van der Waals surface area contributed by atoms with E-state index >= 15 is 0 Å². The second kappa shape index (κ2) is 6.97. The monoisotopic (exact) mass is 301 g/mol. The lowest BCUT2D eigenvalue weighted by molar-refractivity contribution is -0.179. The average Bonchev–Trinajstić information content (AvgIpc) is 2.64. The van der Waals surface area contributed by atoms with Crippen LogP contribution in [-0.4, -0.2) is 35.7 Å². The Morgan fingerprint density at radius 1 is 1.43 bits per heavy atom. The normalized spacial score (nSPS) is 31.0. The van der Waals surface area contributed by atoms with Crippen LogP contribution in [0.1, 0.15) is 60.8 Å². The van der Waals surface area contributed by atoms with Gasteiger partial charge in [0.05, 0.1) is 0 Å². The molecule has 2 N–H and O–H groups in total. The maximum absolute atomic E-state index is 11.9. The quantitative estimate of drug-likeness (QED) is 0.766. The molecule has 1 aliphatic rings. The summed E-state index contributed by atoms with van der Waals surface area (Å²) in [5.74, 6) is 0.319. The Hall–Kier alpha value is -0.810. The van der Waals surface area contributed by atoms with E-state index in [1.165, 1.54) is 0 Å². The van der Waals surface area contributed by atoms with Crippen molar-refractivity contribution in [1.29, 1.82) is 0 Å². The van der Waals surface area contributed by atoms with Crippen LogP contribution in [0.25, 0.3) is 0 Å². The minimum atomic E-state index is -0.794. The molecule has 1 fully saturated rings. The summed E-state index contributed by atoms with van der Waals surface area (Å²) in [6, 6.07) is 0.0184. The van der Waals surface area contributed by atoms with Crippen molar-refractivity contribution in [1.82, 2.24) is 5.32 Å². The Morgan fingerprint density at radius 3 is 2.52 bits per heavy atom. The Morgan fingerprint density at radius 2 is 2.05 bits per heavy atom. The minimum Gasteiger partial charge on any atom is -0.444 e. The first-order chi connectivity index (χ1) is 9.62. The summed E-state index contributed by atoms with van der Waals surface area (Å²) in [7, 11) is 0. The predicted octanol–water partition coefficient (Wildman–Crippen LogP) is 3.06. The summed E-state index contributed by atoms with van der Waals surface area (Å²) >= 11 is 0. The molecule has 0 heterocycles. The number of aliphatic hydroxyl groups is 1. The van der Waals surface area contributed by atoms with Crippen molar-refractivity contribution in [2.75, 3.05) is 6.61 Å². The van der Waals surface area contributed by atoms with Gasteiger partial charge in [-0.05, 0) is 46.5 Å². The molecule has 1 aliphatic carbocycles. The number of alkyl carbamates (subject to hydrolysis) is 1. The lowest BCUT2D eigenvalue weighted by Gasteiger charge is -2.35. The highest BCUT2D eigenvalue weighted by atomic mass is 16.6. The highest BCUT2D eigenvalue weighted by molar-refractivity contribution is 5.68. The lowest BCUT2D eigenvalue weighted by Crippen LogP contribution is -2.40. The minimum absolute atomic E-state index is 0.0184. The van der Waals surface area contributed by atoms with Gasteiger partial charge in [0, 0.05) is 18.1 Å². The summed E-state index contributed by atoms with van der Waals surface area (Å²) in [4.78, 5) is 11.9. The van der Waals surface area contributed by atoms with Gasteiger partial charge in [0.1, 0.15) is 5.60 Å². The molecule has 5 heteroatoms. The van der Waals surface area contributed by atoms with E-state index in [4.69, 9.17) is 9.47 Å². The van der Waals surface area contributed by atoms with Gasteiger partial charge in [-0.2, -0.15) is 0 Å². The number of carbonyl (C=O) groups is 1. The first-order valence-electron chi connectivity index (χ1n) is 7.91. The fraction of sp³-hybridized carbons (Fsp3) is 0.938. The summed E-state index contributed by atoms with van der Waals surface area (Å²) in [6.45, 7) is 12.0. The number of aliphatic hydroxyl groups excluding tert-OH is 1. The number of rotatable bonds is 5. The number of amides is 1. The van der Waals surface area contributed by atoms with Crippen LogP contribution in [0.3, 0.4) is 0 Å². The molecule has 0 bridgehead atoms. The third-order valence-corrected chi connectivity index (χ3v) is 4.29. The first kappa shape index (κ1) is 18.2. The van der Waals surface area contributed by atoms with Crippen LogP contribution in [0.15, 0.2) is 0 Å². The molecule has 0 spiro atoms. The van der Waals surface area contributed by atoms with Crippen molar-refractivity contribution in [2.45, 2.75) is 78.7 Å². The summed E-state index contributed by atoms with van der Waals surface area (Å²) in [5.41, 5.74) is -0.828. The molecule has 0 aromatic heterocycles. The second-order valence-electron chi connectivity index (χ2n) is 7.20. The fourth-order valence-electron chi connectivity index (χ4n) is 3.26. The lowest BCUT2D eigenvalue weighted by atomic mass is 9.77. The van der Waals surface area contributed by atoms with Gasteiger partial charge in [0.2, 0.25) is 0 Å². The maximum atomic E-state index is 11.9. The SMILES string of the molecule is CCOC(O)[C@]1(C)CC(NC(=O)OC(C)(C)C)C[C@@H]1CC. The molecule has 0 radical (unpaired) electrons. The van der Waals surface area contributed by atoms with Crippen LogP contribution < -0.4 is 5.32 Å². The third-order valence-electron chi connectivity index (χ3n) is 4.29. The highest BCUT2D eigenvalue weighted by Gasteiger charge is 2.48. The van der Waals surface area contributed by atoms with E-state index in [0.717, 1.165) is 12.8 Å². The van der Waals surface area contributed by atoms with E-state index in [-0.39, 0.29) is 11.5 Å². The van der Waals surface area contributed by atoms with Gasteiger partial charge in [0.25, 0.3) is 0 Å². The van der Waals surface area contributed by atoms with E-state index in [2.05, 4.69) is 12.2 Å². The molecule has 5 nitrogen and oxygen atoms in total. The molecular formula is C16H31NO4. The second-order valence-corrected chi connectivity index (χ2v) is 7.20. The van der Waals surface area contributed by atoms with Crippen molar-refractivity contribution in [2.24, 2.45) is 11.3 Å². The van der Waals surface area contributed by atoms with Gasteiger partial charge >= 0.3 is 6.09 Å². The molecule has 0 aromatic carbocycles. The third kappa shape index (κ3) is 4.85. The maximum Gasteiger partial charge on any atom is 0.407 e. The van der Waals surface area contributed by atoms with Crippen LogP contribution in [0.2, 0.25) is 0 Å². The molecule has 1 amide bonds. The zero-order valence-electron chi connectivity index (χ0n) is 14.2. The van der Waals surface area contributed by atoms with Crippen LogP contribution in [0, 0.1) is 11.3 Å². The summed E-state index contributed by atoms with van der Waals surface area (Å²) < 4.78 is 10.7. The molecule has 1 saturated carbocycles. The molecule has 0 aliphatic heterocycles. The summed E-state index contributed by atoms with van der Waals surface area (Å²) in [6.07, 6.45) is 1.31. The molecule has 4 atom stereocenters. The molecule has 21 heavy (non-hydrogen) atoms. The Balaban J connectivity index is 2.67. The van der Waals surface area contributed by atoms with E-state index in [9.17, 15) is 9.90 Å².